The highest BCUT2D eigenvalue weighted by Crippen LogP contribution is 2.40. The molecule has 10 nitrogen and oxygen atoms in total. The third kappa shape index (κ3) is 4.46. The van der Waals surface area contributed by atoms with Crippen LogP contribution in [0.2, 0.25) is 0 Å². The molecule has 2 aliphatic heterocycles. The van der Waals surface area contributed by atoms with Gasteiger partial charge in [-0.25, -0.2) is 4.68 Å². The standard InChI is InChI=1S/C28H31N7O3S/c1-16-19(6-5-7-22(16)33-14-17-10-23(28(2,3)4)39-25(17)27(33)38)20-12-21(26(37)35(15-36)31-20)30-24-11-18-13-29-8-9-34(18)32-24/h5-7,10-12,29,36H,8-9,13-15H2,1-4H3,(H,30,32). The Bertz CT molecular complexity index is 1640. The second-order valence-electron chi connectivity index (χ2n) is 11.0. The van der Waals surface area contributed by atoms with Crippen molar-refractivity contribution in [2.24, 2.45) is 0 Å². The molecule has 1 amide bonds. The predicted molar refractivity (Wildman–Crippen MR) is 152 cm³/mol. The maximum absolute atomic E-state index is 13.4. The number of nitrogens with one attached hydrogen (secondary N) is 2. The second-order valence-corrected chi connectivity index (χ2v) is 12.0. The average Bonchev–Trinajstić information content (AvgIpc) is 3.59. The van der Waals surface area contributed by atoms with Crippen LogP contribution in [0.25, 0.3) is 11.3 Å². The monoisotopic (exact) mass is 545 g/mol. The molecular formula is C28H31N7O3S. The molecule has 4 aromatic rings. The van der Waals surface area contributed by atoms with Gasteiger partial charge >= 0.3 is 0 Å². The van der Waals surface area contributed by atoms with Gasteiger partial charge in [-0.3, -0.25) is 14.3 Å². The minimum Gasteiger partial charge on any atom is -0.374 e. The number of amides is 1. The molecule has 39 heavy (non-hydrogen) atoms. The van der Waals surface area contributed by atoms with Crippen LogP contribution in [0.4, 0.5) is 17.2 Å². The van der Waals surface area contributed by atoms with E-state index in [4.69, 9.17) is 0 Å². The largest absolute Gasteiger partial charge is 0.374 e. The molecular weight excluding hydrogens is 514 g/mol. The van der Waals surface area contributed by atoms with E-state index in [9.17, 15) is 14.7 Å². The summed E-state index contributed by atoms with van der Waals surface area (Å²) in [7, 11) is 0. The molecule has 2 aliphatic rings. The molecule has 0 radical (unpaired) electrons. The Hall–Kier alpha value is -3.80. The summed E-state index contributed by atoms with van der Waals surface area (Å²) in [5.74, 6) is 0.556. The highest BCUT2D eigenvalue weighted by atomic mass is 32.1. The number of anilines is 3. The normalized spacial score (nSPS) is 15.0. The van der Waals surface area contributed by atoms with E-state index in [1.54, 1.807) is 22.3 Å². The highest BCUT2D eigenvalue weighted by molar-refractivity contribution is 7.14. The number of hydrogen-bond acceptors (Lipinski definition) is 8. The summed E-state index contributed by atoms with van der Waals surface area (Å²) in [6.07, 6.45) is 0. The van der Waals surface area contributed by atoms with Gasteiger partial charge < -0.3 is 20.6 Å². The Morgan fingerprint density at radius 2 is 1.97 bits per heavy atom. The number of aromatic nitrogens is 4. The van der Waals surface area contributed by atoms with Crippen LogP contribution in [0.5, 0.6) is 0 Å². The molecule has 0 fully saturated rings. The summed E-state index contributed by atoms with van der Waals surface area (Å²) in [6, 6.07) is 11.5. The van der Waals surface area contributed by atoms with Gasteiger partial charge in [0.15, 0.2) is 5.82 Å². The minimum atomic E-state index is -0.565. The molecule has 0 aliphatic carbocycles. The molecule has 0 saturated carbocycles. The van der Waals surface area contributed by atoms with Crippen molar-refractivity contribution in [3.8, 4) is 11.3 Å². The van der Waals surface area contributed by atoms with Gasteiger partial charge in [-0.2, -0.15) is 10.2 Å². The summed E-state index contributed by atoms with van der Waals surface area (Å²) in [4.78, 5) is 30.3. The van der Waals surface area contributed by atoms with Crippen molar-refractivity contribution >= 4 is 34.4 Å². The Morgan fingerprint density at radius 3 is 2.69 bits per heavy atom. The SMILES string of the molecule is Cc1c(-c2cc(Nc3cc4n(n3)CCNC4)c(=O)n(CO)n2)cccc1N1Cc2cc(C(C)(C)C)sc2C1=O. The molecule has 5 heterocycles. The number of aliphatic hydroxyl groups is 1. The molecule has 0 spiro atoms. The zero-order chi connectivity index (χ0) is 27.5. The number of fused-ring (bicyclic) bond motifs is 2. The summed E-state index contributed by atoms with van der Waals surface area (Å²) in [5.41, 5.74) is 4.82. The Kier molecular flexibility index (Phi) is 6.17. The Labute approximate surface area is 229 Å². The molecule has 6 rings (SSSR count). The van der Waals surface area contributed by atoms with Crippen molar-refractivity contribution in [1.82, 2.24) is 24.9 Å². The van der Waals surface area contributed by atoms with E-state index >= 15 is 0 Å². The van der Waals surface area contributed by atoms with Crippen LogP contribution in [0.1, 0.15) is 52.1 Å². The smallest absolute Gasteiger partial charge is 0.292 e. The van der Waals surface area contributed by atoms with E-state index in [2.05, 4.69) is 47.7 Å². The lowest BCUT2D eigenvalue weighted by Crippen LogP contribution is -2.28. The van der Waals surface area contributed by atoms with Crippen LogP contribution in [0.15, 0.2) is 41.2 Å². The zero-order valence-electron chi connectivity index (χ0n) is 22.4. The zero-order valence-corrected chi connectivity index (χ0v) is 23.2. The van der Waals surface area contributed by atoms with Crippen LogP contribution in [-0.4, -0.2) is 37.1 Å². The van der Waals surface area contributed by atoms with E-state index in [1.165, 1.54) is 4.88 Å². The van der Waals surface area contributed by atoms with Gasteiger partial charge in [0.1, 0.15) is 12.4 Å². The first-order valence-corrected chi connectivity index (χ1v) is 13.8. The molecule has 3 aromatic heterocycles. The van der Waals surface area contributed by atoms with Gasteiger partial charge in [0.05, 0.1) is 29.4 Å². The van der Waals surface area contributed by atoms with Crippen molar-refractivity contribution in [1.29, 1.82) is 0 Å². The van der Waals surface area contributed by atoms with Crippen molar-refractivity contribution < 1.29 is 9.90 Å². The summed E-state index contributed by atoms with van der Waals surface area (Å²) in [6.45, 7) is 10.7. The molecule has 1 aromatic carbocycles. The van der Waals surface area contributed by atoms with Crippen molar-refractivity contribution in [3.63, 3.8) is 0 Å². The van der Waals surface area contributed by atoms with Crippen molar-refractivity contribution in [2.75, 3.05) is 16.8 Å². The third-order valence-corrected chi connectivity index (χ3v) is 8.82. The number of carbonyl (C=O) groups excluding carboxylic acids is 1. The molecule has 0 bridgehead atoms. The van der Waals surface area contributed by atoms with Crippen LogP contribution in [0.3, 0.4) is 0 Å². The molecule has 3 N–H and O–H groups in total. The predicted octanol–water partition coefficient (Wildman–Crippen LogP) is 3.73. The lowest BCUT2D eigenvalue weighted by atomic mass is 9.94. The maximum Gasteiger partial charge on any atom is 0.292 e. The number of hydrogen-bond donors (Lipinski definition) is 3. The number of thiophene rings is 1. The average molecular weight is 546 g/mol. The van der Waals surface area contributed by atoms with E-state index in [1.807, 2.05) is 35.9 Å². The van der Waals surface area contributed by atoms with Crippen molar-refractivity contribution in [2.45, 2.75) is 59.5 Å². The van der Waals surface area contributed by atoms with Crippen LogP contribution in [-0.2, 0) is 31.8 Å². The topological polar surface area (TPSA) is 117 Å². The van der Waals surface area contributed by atoms with Gasteiger partial charge in [-0.15, -0.1) is 11.3 Å². The van der Waals surface area contributed by atoms with Crippen LogP contribution in [0, 0.1) is 6.92 Å². The fourth-order valence-corrected chi connectivity index (χ4v) is 6.28. The maximum atomic E-state index is 13.4. The van der Waals surface area contributed by atoms with E-state index < -0.39 is 12.3 Å². The number of carbonyl (C=O) groups is 1. The van der Waals surface area contributed by atoms with Gasteiger partial charge in [-0.1, -0.05) is 32.9 Å². The third-order valence-electron chi connectivity index (χ3n) is 7.23. The number of rotatable bonds is 5. The van der Waals surface area contributed by atoms with E-state index in [0.717, 1.165) is 50.7 Å². The van der Waals surface area contributed by atoms with Crippen molar-refractivity contribution in [3.05, 3.63) is 73.3 Å². The summed E-state index contributed by atoms with van der Waals surface area (Å²) < 4.78 is 2.93. The quantitative estimate of drug-likeness (QED) is 0.350. The minimum absolute atomic E-state index is 0.000341. The highest BCUT2D eigenvalue weighted by Gasteiger charge is 2.34. The number of benzene rings is 1. The first kappa shape index (κ1) is 25.5. The molecule has 0 atom stereocenters. The molecule has 11 heteroatoms. The van der Waals surface area contributed by atoms with Crippen LogP contribution < -0.4 is 21.1 Å². The second kappa shape index (κ2) is 9.44. The molecule has 0 unspecified atom stereocenters. The summed E-state index contributed by atoms with van der Waals surface area (Å²) in [5, 5.41) is 25.3. The van der Waals surface area contributed by atoms with Gasteiger partial charge in [0.2, 0.25) is 0 Å². The lowest BCUT2D eigenvalue weighted by molar-refractivity contribution is 0.0999. The van der Waals surface area contributed by atoms with E-state index in [-0.39, 0.29) is 17.0 Å². The number of nitrogens with zero attached hydrogens (tertiary/aromatic N) is 5. The lowest BCUT2D eigenvalue weighted by Gasteiger charge is -2.21. The van der Waals surface area contributed by atoms with Gasteiger partial charge in [-0.05, 0) is 41.7 Å². The number of aliphatic hydroxyl groups excluding tert-OH is 1. The molecule has 0 saturated heterocycles. The van der Waals surface area contributed by atoms with E-state index in [0.29, 0.717) is 24.6 Å². The van der Waals surface area contributed by atoms with Crippen LogP contribution >= 0.6 is 11.3 Å². The fourth-order valence-electron chi connectivity index (χ4n) is 5.10. The Balaban J connectivity index is 1.35. The first-order valence-electron chi connectivity index (χ1n) is 13.0. The fraction of sp³-hybridized carbons (Fsp3) is 0.357. The Morgan fingerprint density at radius 1 is 1.15 bits per heavy atom. The van der Waals surface area contributed by atoms with Gasteiger partial charge in [0, 0.05) is 35.3 Å². The van der Waals surface area contributed by atoms with Gasteiger partial charge in [0.25, 0.3) is 11.5 Å². The molecule has 202 valence electrons. The summed E-state index contributed by atoms with van der Waals surface area (Å²) >= 11 is 1.57. The first-order chi connectivity index (χ1) is 18.6.